The van der Waals surface area contributed by atoms with Gasteiger partial charge in [0.25, 0.3) is 5.56 Å². The molecule has 0 spiro atoms. The summed E-state index contributed by atoms with van der Waals surface area (Å²) >= 11 is 0. The molecular weight excluding hydrogens is 388 g/mol. The van der Waals surface area contributed by atoms with Gasteiger partial charge >= 0.3 is 0 Å². The van der Waals surface area contributed by atoms with Crippen LogP contribution in [0, 0.1) is 6.92 Å². The lowest BCUT2D eigenvalue weighted by Gasteiger charge is -2.39. The SMILES string of the molecule is Cc1nc2n(c(=O)c1Cc1ccccc1)CN(CC1CCCO1)CN2c1ccccc1. The van der Waals surface area contributed by atoms with Gasteiger partial charge in [-0.1, -0.05) is 48.5 Å². The topological polar surface area (TPSA) is 50.6 Å². The lowest BCUT2D eigenvalue weighted by atomic mass is 10.1. The van der Waals surface area contributed by atoms with Gasteiger partial charge in [-0.3, -0.25) is 19.2 Å². The molecule has 31 heavy (non-hydrogen) atoms. The summed E-state index contributed by atoms with van der Waals surface area (Å²) in [5.74, 6) is 0.717. The van der Waals surface area contributed by atoms with Gasteiger partial charge < -0.3 is 4.74 Å². The van der Waals surface area contributed by atoms with Crippen molar-refractivity contribution in [1.29, 1.82) is 0 Å². The largest absolute Gasteiger partial charge is 0.377 e. The first-order valence-electron chi connectivity index (χ1n) is 11.0. The molecule has 0 radical (unpaired) electrons. The van der Waals surface area contributed by atoms with E-state index in [4.69, 9.17) is 9.72 Å². The van der Waals surface area contributed by atoms with Crippen LogP contribution in [0.3, 0.4) is 0 Å². The summed E-state index contributed by atoms with van der Waals surface area (Å²) in [6, 6.07) is 20.3. The maximum Gasteiger partial charge on any atom is 0.259 e. The Morgan fingerprint density at radius 3 is 2.48 bits per heavy atom. The number of fused-ring (bicyclic) bond motifs is 1. The summed E-state index contributed by atoms with van der Waals surface area (Å²) < 4.78 is 7.70. The minimum atomic E-state index is 0.0457. The first kappa shape index (κ1) is 20.0. The second-order valence-electron chi connectivity index (χ2n) is 8.41. The molecule has 0 amide bonds. The molecule has 2 aromatic carbocycles. The summed E-state index contributed by atoms with van der Waals surface area (Å²) in [5.41, 5.74) is 3.77. The quantitative estimate of drug-likeness (QED) is 0.635. The van der Waals surface area contributed by atoms with Gasteiger partial charge in [0.15, 0.2) is 0 Å². The number of hydrogen-bond acceptors (Lipinski definition) is 5. The third-order valence-corrected chi connectivity index (χ3v) is 6.15. The number of rotatable bonds is 5. The van der Waals surface area contributed by atoms with Gasteiger partial charge in [0.05, 0.1) is 25.1 Å². The Morgan fingerprint density at radius 2 is 1.77 bits per heavy atom. The van der Waals surface area contributed by atoms with E-state index in [1.54, 1.807) is 0 Å². The molecule has 1 fully saturated rings. The zero-order valence-corrected chi connectivity index (χ0v) is 17.9. The molecule has 1 atom stereocenters. The monoisotopic (exact) mass is 416 g/mol. The molecule has 1 saturated heterocycles. The zero-order chi connectivity index (χ0) is 21.2. The average molecular weight is 417 g/mol. The Hall–Kier alpha value is -2.96. The van der Waals surface area contributed by atoms with Crippen LogP contribution >= 0.6 is 0 Å². The van der Waals surface area contributed by atoms with Crippen LogP contribution < -0.4 is 10.5 Å². The van der Waals surface area contributed by atoms with E-state index in [-0.39, 0.29) is 11.7 Å². The van der Waals surface area contributed by atoms with E-state index >= 15 is 0 Å². The van der Waals surface area contributed by atoms with Gasteiger partial charge in [-0.25, -0.2) is 4.98 Å². The highest BCUT2D eigenvalue weighted by atomic mass is 16.5. The predicted octanol–water partition coefficient (Wildman–Crippen LogP) is 3.69. The van der Waals surface area contributed by atoms with Crippen LogP contribution in [-0.2, 0) is 17.8 Å². The van der Waals surface area contributed by atoms with Crippen LogP contribution in [0.5, 0.6) is 0 Å². The molecular formula is C25H28N4O2. The Kier molecular flexibility index (Phi) is 5.57. The molecule has 2 aliphatic heterocycles. The minimum Gasteiger partial charge on any atom is -0.377 e. The van der Waals surface area contributed by atoms with Crippen molar-refractivity contribution in [2.45, 2.75) is 39.0 Å². The van der Waals surface area contributed by atoms with E-state index in [2.05, 4.69) is 34.1 Å². The number of aryl methyl sites for hydroxylation is 1. The number of para-hydroxylation sites is 1. The summed E-state index contributed by atoms with van der Waals surface area (Å²) in [4.78, 5) is 23.0. The molecule has 3 aromatic rings. The van der Waals surface area contributed by atoms with Crippen molar-refractivity contribution in [3.8, 4) is 0 Å². The van der Waals surface area contributed by atoms with E-state index < -0.39 is 0 Å². The van der Waals surface area contributed by atoms with E-state index in [1.807, 2.05) is 47.9 Å². The van der Waals surface area contributed by atoms with Crippen LogP contribution in [0.15, 0.2) is 65.5 Å². The number of nitrogens with zero attached hydrogens (tertiary/aromatic N) is 4. The van der Waals surface area contributed by atoms with E-state index in [9.17, 15) is 4.79 Å². The van der Waals surface area contributed by atoms with Crippen molar-refractivity contribution in [3.63, 3.8) is 0 Å². The predicted molar refractivity (Wildman–Crippen MR) is 122 cm³/mol. The molecule has 0 aliphatic carbocycles. The molecule has 3 heterocycles. The van der Waals surface area contributed by atoms with Gasteiger partial charge in [0.1, 0.15) is 0 Å². The molecule has 0 saturated carbocycles. The highest BCUT2D eigenvalue weighted by Crippen LogP contribution is 2.28. The molecule has 6 nitrogen and oxygen atoms in total. The fraction of sp³-hybridized carbons (Fsp3) is 0.360. The zero-order valence-electron chi connectivity index (χ0n) is 17.9. The van der Waals surface area contributed by atoms with E-state index in [0.717, 1.165) is 48.5 Å². The Labute approximate surface area is 182 Å². The molecule has 6 heteroatoms. The number of benzene rings is 2. The molecule has 1 unspecified atom stereocenters. The number of anilines is 2. The van der Waals surface area contributed by atoms with Crippen molar-refractivity contribution in [2.24, 2.45) is 0 Å². The third kappa shape index (κ3) is 4.13. The van der Waals surface area contributed by atoms with Crippen LogP contribution in [0.1, 0.15) is 29.7 Å². The molecule has 2 aliphatic rings. The van der Waals surface area contributed by atoms with Gasteiger partial charge in [0.2, 0.25) is 5.95 Å². The smallest absolute Gasteiger partial charge is 0.259 e. The van der Waals surface area contributed by atoms with Gasteiger partial charge in [-0.15, -0.1) is 0 Å². The molecule has 160 valence electrons. The van der Waals surface area contributed by atoms with E-state index in [0.29, 0.717) is 25.7 Å². The first-order valence-corrected chi connectivity index (χ1v) is 11.0. The normalized spacial score (nSPS) is 18.9. The van der Waals surface area contributed by atoms with Gasteiger partial charge in [-0.05, 0) is 37.5 Å². The Bertz CT molecular complexity index is 1090. The Balaban J connectivity index is 1.54. The second kappa shape index (κ2) is 8.65. The van der Waals surface area contributed by atoms with Gasteiger partial charge in [-0.2, -0.15) is 0 Å². The van der Waals surface area contributed by atoms with Crippen molar-refractivity contribution >= 4 is 11.6 Å². The third-order valence-electron chi connectivity index (χ3n) is 6.15. The van der Waals surface area contributed by atoms with Crippen molar-refractivity contribution in [1.82, 2.24) is 14.5 Å². The average Bonchev–Trinajstić information content (AvgIpc) is 3.31. The number of aromatic nitrogens is 2. The lowest BCUT2D eigenvalue weighted by molar-refractivity contribution is 0.0584. The highest BCUT2D eigenvalue weighted by molar-refractivity contribution is 5.58. The minimum absolute atomic E-state index is 0.0457. The molecule has 5 rings (SSSR count). The fourth-order valence-electron chi connectivity index (χ4n) is 4.53. The van der Waals surface area contributed by atoms with Crippen LogP contribution in [-0.4, -0.2) is 40.4 Å². The van der Waals surface area contributed by atoms with Crippen LogP contribution in [0.25, 0.3) is 0 Å². The van der Waals surface area contributed by atoms with Crippen LogP contribution in [0.2, 0.25) is 0 Å². The summed E-state index contributed by atoms with van der Waals surface area (Å²) in [5, 5.41) is 0. The standard InChI is InChI=1S/C25H28N4O2/c1-19-23(15-20-9-4-2-5-10-20)24(30)29-18-27(16-22-13-8-14-31-22)17-28(25(29)26-19)21-11-6-3-7-12-21/h2-7,9-12,22H,8,13-18H2,1H3. The fourth-order valence-corrected chi connectivity index (χ4v) is 4.53. The second-order valence-corrected chi connectivity index (χ2v) is 8.41. The molecule has 1 aromatic heterocycles. The van der Waals surface area contributed by atoms with Gasteiger partial charge in [0, 0.05) is 30.8 Å². The van der Waals surface area contributed by atoms with Crippen molar-refractivity contribution in [2.75, 3.05) is 24.7 Å². The lowest BCUT2D eigenvalue weighted by Crippen LogP contribution is -2.50. The Morgan fingerprint density at radius 1 is 1.03 bits per heavy atom. The van der Waals surface area contributed by atoms with Crippen LogP contribution in [0.4, 0.5) is 11.6 Å². The number of ether oxygens (including phenoxy) is 1. The molecule has 0 bridgehead atoms. The summed E-state index contributed by atoms with van der Waals surface area (Å²) in [6.45, 7) is 4.82. The summed E-state index contributed by atoms with van der Waals surface area (Å²) in [7, 11) is 0. The first-order chi connectivity index (χ1) is 15.2. The number of hydrogen-bond donors (Lipinski definition) is 0. The van der Waals surface area contributed by atoms with Crippen molar-refractivity contribution < 1.29 is 4.74 Å². The van der Waals surface area contributed by atoms with Crippen molar-refractivity contribution in [3.05, 3.63) is 87.8 Å². The van der Waals surface area contributed by atoms with E-state index in [1.165, 1.54) is 0 Å². The maximum atomic E-state index is 13.6. The molecule has 0 N–H and O–H groups in total. The summed E-state index contributed by atoms with van der Waals surface area (Å²) in [6.07, 6.45) is 3.02. The highest BCUT2D eigenvalue weighted by Gasteiger charge is 2.30. The maximum absolute atomic E-state index is 13.6.